The Morgan fingerprint density at radius 3 is 2.58 bits per heavy atom. The predicted octanol–water partition coefficient (Wildman–Crippen LogP) is 0.630. The molecule has 0 aliphatic rings. The van der Waals surface area contributed by atoms with Crippen molar-refractivity contribution in [2.75, 3.05) is 53.7 Å². The SMILES string of the molecule is CCNC(=NCCCOCCOC)NC(C)COC. The van der Waals surface area contributed by atoms with Gasteiger partial charge in [0.15, 0.2) is 5.96 Å². The first-order valence-corrected chi connectivity index (χ1v) is 6.85. The smallest absolute Gasteiger partial charge is 0.191 e. The highest BCUT2D eigenvalue weighted by atomic mass is 16.5. The summed E-state index contributed by atoms with van der Waals surface area (Å²) in [6.07, 6.45) is 0.902. The van der Waals surface area contributed by atoms with Gasteiger partial charge in [-0.1, -0.05) is 0 Å². The van der Waals surface area contributed by atoms with Crippen molar-refractivity contribution in [3.63, 3.8) is 0 Å². The maximum Gasteiger partial charge on any atom is 0.191 e. The topological polar surface area (TPSA) is 64.1 Å². The first kappa shape index (κ1) is 18.1. The molecule has 6 nitrogen and oxygen atoms in total. The number of guanidine groups is 1. The number of hydrogen-bond acceptors (Lipinski definition) is 4. The maximum absolute atomic E-state index is 5.38. The highest BCUT2D eigenvalue weighted by Gasteiger charge is 2.03. The molecule has 0 aliphatic heterocycles. The van der Waals surface area contributed by atoms with Gasteiger partial charge >= 0.3 is 0 Å². The molecule has 0 rings (SSSR count). The van der Waals surface area contributed by atoms with Crippen molar-refractivity contribution in [3.05, 3.63) is 0 Å². The molecule has 0 spiro atoms. The predicted molar refractivity (Wildman–Crippen MR) is 77.8 cm³/mol. The van der Waals surface area contributed by atoms with Gasteiger partial charge in [0.05, 0.1) is 19.8 Å². The molecule has 6 heteroatoms. The van der Waals surface area contributed by atoms with Crippen LogP contribution >= 0.6 is 0 Å². The van der Waals surface area contributed by atoms with Gasteiger partial charge in [0.25, 0.3) is 0 Å². The van der Waals surface area contributed by atoms with Crippen molar-refractivity contribution in [2.45, 2.75) is 26.3 Å². The summed E-state index contributed by atoms with van der Waals surface area (Å²) in [6.45, 7) is 8.34. The van der Waals surface area contributed by atoms with E-state index in [0.717, 1.165) is 25.5 Å². The van der Waals surface area contributed by atoms with E-state index in [2.05, 4.69) is 22.5 Å². The number of aliphatic imine (C=N–C) groups is 1. The van der Waals surface area contributed by atoms with Crippen LogP contribution in [-0.4, -0.2) is 65.7 Å². The van der Waals surface area contributed by atoms with Gasteiger partial charge < -0.3 is 24.8 Å². The highest BCUT2D eigenvalue weighted by Crippen LogP contribution is 1.87. The minimum absolute atomic E-state index is 0.237. The molecule has 0 aliphatic carbocycles. The second kappa shape index (κ2) is 13.6. The zero-order valence-corrected chi connectivity index (χ0v) is 12.7. The molecule has 0 amide bonds. The van der Waals surface area contributed by atoms with Crippen molar-refractivity contribution in [3.8, 4) is 0 Å². The Kier molecular flexibility index (Phi) is 13.0. The molecule has 0 heterocycles. The Morgan fingerprint density at radius 2 is 1.95 bits per heavy atom. The lowest BCUT2D eigenvalue weighted by Gasteiger charge is -2.16. The molecule has 0 saturated heterocycles. The third-order valence-electron chi connectivity index (χ3n) is 2.29. The molecular formula is C13H29N3O3. The number of nitrogens with one attached hydrogen (secondary N) is 2. The summed E-state index contributed by atoms with van der Waals surface area (Å²) >= 11 is 0. The average Bonchev–Trinajstić information content (AvgIpc) is 2.38. The van der Waals surface area contributed by atoms with Crippen LogP contribution in [-0.2, 0) is 14.2 Å². The van der Waals surface area contributed by atoms with Gasteiger partial charge in [-0.25, -0.2) is 0 Å². The molecule has 0 aromatic carbocycles. The van der Waals surface area contributed by atoms with E-state index in [1.54, 1.807) is 14.2 Å². The number of nitrogens with zero attached hydrogens (tertiary/aromatic N) is 1. The third-order valence-corrected chi connectivity index (χ3v) is 2.29. The van der Waals surface area contributed by atoms with Gasteiger partial charge in [0.1, 0.15) is 0 Å². The molecule has 114 valence electrons. The van der Waals surface area contributed by atoms with Crippen molar-refractivity contribution >= 4 is 5.96 Å². The fourth-order valence-electron chi connectivity index (χ4n) is 1.45. The zero-order chi connectivity index (χ0) is 14.3. The van der Waals surface area contributed by atoms with Gasteiger partial charge in [-0.2, -0.15) is 0 Å². The number of hydrogen-bond donors (Lipinski definition) is 2. The molecule has 1 atom stereocenters. The maximum atomic E-state index is 5.38. The number of ether oxygens (including phenoxy) is 3. The third kappa shape index (κ3) is 11.9. The Morgan fingerprint density at radius 1 is 1.16 bits per heavy atom. The molecule has 0 aromatic heterocycles. The standard InChI is InChI=1S/C13H29N3O3/c1-5-14-13(16-12(2)11-18-4)15-7-6-8-19-10-9-17-3/h12H,5-11H2,1-4H3,(H2,14,15,16). The molecule has 1 unspecified atom stereocenters. The van der Waals surface area contributed by atoms with E-state index in [1.807, 2.05) is 6.92 Å². The lowest BCUT2D eigenvalue weighted by Crippen LogP contribution is -2.44. The Bertz CT molecular complexity index is 225. The van der Waals surface area contributed by atoms with E-state index in [1.165, 1.54) is 0 Å². The van der Waals surface area contributed by atoms with Crippen LogP contribution in [0.25, 0.3) is 0 Å². The zero-order valence-electron chi connectivity index (χ0n) is 12.7. The first-order valence-electron chi connectivity index (χ1n) is 6.85. The summed E-state index contributed by atoms with van der Waals surface area (Å²) in [4.78, 5) is 4.48. The van der Waals surface area contributed by atoms with E-state index in [4.69, 9.17) is 14.2 Å². The van der Waals surface area contributed by atoms with Crippen LogP contribution in [0, 0.1) is 0 Å². The minimum Gasteiger partial charge on any atom is -0.383 e. The average molecular weight is 275 g/mol. The quantitative estimate of drug-likeness (QED) is 0.329. The van der Waals surface area contributed by atoms with Crippen LogP contribution in [0.15, 0.2) is 4.99 Å². The molecule has 0 bridgehead atoms. The van der Waals surface area contributed by atoms with Crippen molar-refractivity contribution in [2.24, 2.45) is 4.99 Å². The van der Waals surface area contributed by atoms with Crippen molar-refractivity contribution in [1.29, 1.82) is 0 Å². The lowest BCUT2D eigenvalue weighted by atomic mass is 10.4. The Balaban J connectivity index is 3.79. The van der Waals surface area contributed by atoms with Gasteiger partial charge in [0, 0.05) is 40.0 Å². The summed E-state index contributed by atoms with van der Waals surface area (Å²) in [5.74, 6) is 0.823. The summed E-state index contributed by atoms with van der Waals surface area (Å²) < 4.78 is 15.4. The number of methoxy groups -OCH3 is 2. The summed E-state index contributed by atoms with van der Waals surface area (Å²) in [5.41, 5.74) is 0. The fraction of sp³-hybridized carbons (Fsp3) is 0.923. The Hall–Kier alpha value is -0.850. The van der Waals surface area contributed by atoms with Gasteiger partial charge in [-0.05, 0) is 20.3 Å². The summed E-state index contributed by atoms with van der Waals surface area (Å²) in [5, 5.41) is 6.49. The van der Waals surface area contributed by atoms with E-state index in [-0.39, 0.29) is 6.04 Å². The molecule has 0 aromatic rings. The lowest BCUT2D eigenvalue weighted by molar-refractivity contribution is 0.0702. The van der Waals surface area contributed by atoms with Crippen LogP contribution in [0.5, 0.6) is 0 Å². The van der Waals surface area contributed by atoms with Gasteiger partial charge in [-0.3, -0.25) is 4.99 Å². The van der Waals surface area contributed by atoms with Crippen LogP contribution in [0.4, 0.5) is 0 Å². The first-order chi connectivity index (χ1) is 9.24. The molecule has 0 fully saturated rings. The molecule has 0 radical (unpaired) electrons. The molecule has 2 N–H and O–H groups in total. The van der Waals surface area contributed by atoms with Crippen LogP contribution < -0.4 is 10.6 Å². The summed E-state index contributed by atoms with van der Waals surface area (Å²) in [6, 6.07) is 0.237. The van der Waals surface area contributed by atoms with Crippen LogP contribution in [0.2, 0.25) is 0 Å². The van der Waals surface area contributed by atoms with Crippen molar-refractivity contribution < 1.29 is 14.2 Å². The van der Waals surface area contributed by atoms with Crippen LogP contribution in [0.1, 0.15) is 20.3 Å². The second-order valence-corrected chi connectivity index (χ2v) is 4.22. The second-order valence-electron chi connectivity index (χ2n) is 4.22. The summed E-state index contributed by atoms with van der Waals surface area (Å²) in [7, 11) is 3.36. The normalized spacial score (nSPS) is 13.4. The Labute approximate surface area is 116 Å². The molecule has 19 heavy (non-hydrogen) atoms. The molecule has 0 saturated carbocycles. The van der Waals surface area contributed by atoms with Crippen molar-refractivity contribution in [1.82, 2.24) is 10.6 Å². The largest absolute Gasteiger partial charge is 0.383 e. The number of rotatable bonds is 11. The minimum atomic E-state index is 0.237. The van der Waals surface area contributed by atoms with E-state index >= 15 is 0 Å². The van der Waals surface area contributed by atoms with E-state index < -0.39 is 0 Å². The highest BCUT2D eigenvalue weighted by molar-refractivity contribution is 5.80. The monoisotopic (exact) mass is 275 g/mol. The van der Waals surface area contributed by atoms with Crippen LogP contribution in [0.3, 0.4) is 0 Å². The van der Waals surface area contributed by atoms with E-state index in [9.17, 15) is 0 Å². The molecular weight excluding hydrogens is 246 g/mol. The van der Waals surface area contributed by atoms with Gasteiger partial charge in [0.2, 0.25) is 0 Å². The fourth-order valence-corrected chi connectivity index (χ4v) is 1.45. The van der Waals surface area contributed by atoms with E-state index in [0.29, 0.717) is 26.4 Å². The van der Waals surface area contributed by atoms with Gasteiger partial charge in [-0.15, -0.1) is 0 Å².